The van der Waals surface area contributed by atoms with Crippen molar-refractivity contribution in [2.45, 2.75) is 95.3 Å². The van der Waals surface area contributed by atoms with Gasteiger partial charge < -0.3 is 9.47 Å². The van der Waals surface area contributed by atoms with Gasteiger partial charge in [-0.25, -0.2) is 18.4 Å². The highest BCUT2D eigenvalue weighted by atomic mass is 19.4. The van der Waals surface area contributed by atoms with Crippen LogP contribution in [0.25, 0.3) is 0 Å². The van der Waals surface area contributed by atoms with E-state index in [9.17, 15) is 44.7 Å². The molecule has 0 amide bonds. The molecule has 0 aromatic heterocycles. The van der Waals surface area contributed by atoms with Gasteiger partial charge in [-0.05, 0) is 24.6 Å². The minimum absolute atomic E-state index is 0.101. The number of carbonyl (C=O) groups is 2. The third kappa shape index (κ3) is 9.77. The molecule has 12 heteroatoms. The smallest absolute Gasteiger partial charge is 0.381 e. The van der Waals surface area contributed by atoms with Gasteiger partial charge in [0.15, 0.2) is 6.61 Å². The van der Waals surface area contributed by atoms with E-state index in [-0.39, 0.29) is 12.2 Å². The Morgan fingerprint density at radius 1 is 0.757 bits per heavy atom. The van der Waals surface area contributed by atoms with Crippen molar-refractivity contribution in [3.05, 3.63) is 35.4 Å². The van der Waals surface area contributed by atoms with Gasteiger partial charge in [0.05, 0.1) is 17.7 Å². The normalized spacial score (nSPS) is 12.6. The number of unbranched alkanes of at least 4 members (excludes halogenated alkanes) is 9. The Morgan fingerprint density at radius 2 is 1.22 bits per heavy atom. The molecule has 0 fully saturated rings. The van der Waals surface area contributed by atoms with Crippen LogP contribution in [-0.4, -0.2) is 49.3 Å². The summed E-state index contributed by atoms with van der Waals surface area (Å²) in [6, 6.07) is 4.27. The lowest BCUT2D eigenvalue weighted by molar-refractivity contribution is -0.343. The van der Waals surface area contributed by atoms with E-state index in [1.165, 1.54) is 38.2 Å². The maximum Gasteiger partial charge on any atom is 0.381 e. The molecular weight excluding hydrogens is 516 g/mol. The van der Waals surface area contributed by atoms with Gasteiger partial charge in [-0.3, -0.25) is 0 Å². The standard InChI is InChI=1S/C25H32F8O4/c1-2-3-4-5-6-7-8-9-10-11-15-36-20(34)18-13-12-14-19(16-18)21(35)37-17-23(28,29)25(32,33)24(30,31)22(26)27/h12-14,16,22H,2-11,15,17H2,1H3. The monoisotopic (exact) mass is 548 g/mol. The van der Waals surface area contributed by atoms with Crippen LogP contribution >= 0.6 is 0 Å². The van der Waals surface area contributed by atoms with Gasteiger partial charge in [0, 0.05) is 0 Å². The lowest BCUT2D eigenvalue weighted by Gasteiger charge is -2.31. The summed E-state index contributed by atoms with van der Waals surface area (Å²) < 4.78 is 113. The molecule has 212 valence electrons. The van der Waals surface area contributed by atoms with E-state index in [0.717, 1.165) is 43.9 Å². The second-order valence-electron chi connectivity index (χ2n) is 8.68. The van der Waals surface area contributed by atoms with Crippen molar-refractivity contribution in [3.63, 3.8) is 0 Å². The summed E-state index contributed by atoms with van der Waals surface area (Å²) in [6.45, 7) is -0.330. The predicted molar refractivity (Wildman–Crippen MR) is 120 cm³/mol. The van der Waals surface area contributed by atoms with Crippen LogP contribution in [0.5, 0.6) is 0 Å². The van der Waals surface area contributed by atoms with Crippen molar-refractivity contribution in [3.8, 4) is 0 Å². The SMILES string of the molecule is CCCCCCCCCCCCOC(=O)c1cccc(C(=O)OCC(F)(F)C(F)(F)C(F)(F)C(F)F)c1. The number of esters is 2. The van der Waals surface area contributed by atoms with Crippen LogP contribution < -0.4 is 0 Å². The quantitative estimate of drug-likeness (QED) is 0.106. The summed E-state index contributed by atoms with van der Waals surface area (Å²) in [5.74, 6) is -21.1. The first kappa shape index (κ1) is 32.6. The Bertz CT molecular complexity index is 846. The molecule has 0 unspecified atom stereocenters. The maximum atomic E-state index is 13.6. The Labute approximate surface area is 210 Å². The van der Waals surface area contributed by atoms with Gasteiger partial charge in [-0.2, -0.15) is 26.3 Å². The zero-order valence-electron chi connectivity index (χ0n) is 20.5. The Morgan fingerprint density at radius 3 is 1.70 bits per heavy atom. The largest absolute Gasteiger partial charge is 0.462 e. The third-order valence-corrected chi connectivity index (χ3v) is 5.60. The van der Waals surface area contributed by atoms with Crippen molar-refractivity contribution in [1.29, 1.82) is 0 Å². The molecule has 0 spiro atoms. The van der Waals surface area contributed by atoms with E-state index in [1.807, 2.05) is 0 Å². The number of hydrogen-bond donors (Lipinski definition) is 0. The minimum atomic E-state index is -6.49. The van der Waals surface area contributed by atoms with E-state index >= 15 is 0 Å². The summed E-state index contributed by atoms with van der Waals surface area (Å²) in [7, 11) is 0. The van der Waals surface area contributed by atoms with E-state index in [0.29, 0.717) is 6.42 Å². The van der Waals surface area contributed by atoms with Crippen LogP contribution in [0.3, 0.4) is 0 Å². The number of alkyl halides is 8. The number of hydrogen-bond acceptors (Lipinski definition) is 4. The molecule has 0 saturated carbocycles. The van der Waals surface area contributed by atoms with E-state index in [4.69, 9.17) is 4.74 Å². The van der Waals surface area contributed by atoms with Gasteiger partial charge in [0.1, 0.15) is 0 Å². The van der Waals surface area contributed by atoms with Gasteiger partial charge in [0.2, 0.25) is 0 Å². The van der Waals surface area contributed by atoms with E-state index in [2.05, 4.69) is 11.7 Å². The molecule has 0 aliphatic rings. The first-order valence-corrected chi connectivity index (χ1v) is 12.1. The molecule has 0 bridgehead atoms. The van der Waals surface area contributed by atoms with E-state index < -0.39 is 48.3 Å². The third-order valence-electron chi connectivity index (χ3n) is 5.60. The van der Waals surface area contributed by atoms with Crippen LogP contribution in [0.4, 0.5) is 35.1 Å². The fourth-order valence-corrected chi connectivity index (χ4v) is 3.32. The van der Waals surface area contributed by atoms with Crippen molar-refractivity contribution in [2.75, 3.05) is 13.2 Å². The minimum Gasteiger partial charge on any atom is -0.462 e. The highest BCUT2D eigenvalue weighted by Crippen LogP contribution is 2.48. The Balaban J connectivity index is 2.50. The molecule has 1 aromatic carbocycles. The number of benzene rings is 1. The average molecular weight is 549 g/mol. The fourth-order valence-electron chi connectivity index (χ4n) is 3.32. The van der Waals surface area contributed by atoms with Crippen LogP contribution in [0.2, 0.25) is 0 Å². The molecule has 37 heavy (non-hydrogen) atoms. The molecule has 0 saturated heterocycles. The summed E-state index contributed by atoms with van der Waals surface area (Å²) in [5, 5.41) is 0. The summed E-state index contributed by atoms with van der Waals surface area (Å²) in [5.41, 5.74) is -0.698. The Kier molecular flexibility index (Phi) is 13.3. The zero-order valence-corrected chi connectivity index (χ0v) is 20.5. The lowest BCUT2D eigenvalue weighted by atomic mass is 10.1. The van der Waals surface area contributed by atoms with Crippen molar-refractivity contribution in [2.24, 2.45) is 0 Å². The molecule has 1 aromatic rings. The van der Waals surface area contributed by atoms with Crippen LogP contribution in [0, 0.1) is 0 Å². The van der Waals surface area contributed by atoms with Crippen LogP contribution in [0.15, 0.2) is 24.3 Å². The number of ether oxygens (including phenoxy) is 2. The van der Waals surface area contributed by atoms with Crippen LogP contribution in [0.1, 0.15) is 91.8 Å². The number of halogens is 8. The molecule has 0 radical (unpaired) electrons. The predicted octanol–water partition coefficient (Wildman–Crippen LogP) is 8.09. The van der Waals surface area contributed by atoms with Crippen molar-refractivity contribution >= 4 is 11.9 Å². The molecule has 0 aliphatic carbocycles. The lowest BCUT2D eigenvalue weighted by Crippen LogP contribution is -2.59. The zero-order chi connectivity index (χ0) is 28.1. The van der Waals surface area contributed by atoms with E-state index in [1.54, 1.807) is 0 Å². The first-order valence-electron chi connectivity index (χ1n) is 12.1. The second-order valence-corrected chi connectivity index (χ2v) is 8.68. The molecule has 4 nitrogen and oxygen atoms in total. The molecule has 0 atom stereocenters. The molecule has 0 aliphatic heterocycles. The average Bonchev–Trinajstić information content (AvgIpc) is 2.85. The van der Waals surface area contributed by atoms with Gasteiger partial charge in [-0.15, -0.1) is 0 Å². The van der Waals surface area contributed by atoms with Gasteiger partial charge in [0.25, 0.3) is 0 Å². The molecule has 0 N–H and O–H groups in total. The summed E-state index contributed by atoms with van der Waals surface area (Å²) in [6.07, 6.45) is 5.68. The molecular formula is C25H32F8O4. The van der Waals surface area contributed by atoms with Gasteiger partial charge in [-0.1, -0.05) is 70.8 Å². The van der Waals surface area contributed by atoms with Crippen molar-refractivity contribution in [1.82, 2.24) is 0 Å². The van der Waals surface area contributed by atoms with Crippen molar-refractivity contribution < 1.29 is 54.2 Å². The van der Waals surface area contributed by atoms with Gasteiger partial charge >= 0.3 is 36.1 Å². The number of carbonyl (C=O) groups excluding carboxylic acids is 2. The molecule has 1 rings (SSSR count). The van der Waals surface area contributed by atoms with Crippen LogP contribution in [-0.2, 0) is 9.47 Å². The number of rotatable bonds is 18. The molecule has 0 heterocycles. The fraction of sp³-hybridized carbons (Fsp3) is 0.680. The Hall–Kier alpha value is -2.40. The maximum absolute atomic E-state index is 13.6. The topological polar surface area (TPSA) is 52.6 Å². The summed E-state index contributed by atoms with van der Waals surface area (Å²) in [4.78, 5) is 24.1. The first-order chi connectivity index (χ1) is 17.3. The highest BCUT2D eigenvalue weighted by molar-refractivity contribution is 5.95. The highest BCUT2D eigenvalue weighted by Gasteiger charge is 2.75. The second kappa shape index (κ2) is 15.1. The summed E-state index contributed by atoms with van der Waals surface area (Å²) >= 11 is 0.